The number of nitrogens with one attached hydrogen (secondary N) is 1. The van der Waals surface area contributed by atoms with Crippen molar-refractivity contribution in [2.75, 3.05) is 26.7 Å². The van der Waals surface area contributed by atoms with Crippen molar-refractivity contribution in [3.8, 4) is 11.6 Å². The van der Waals surface area contributed by atoms with Crippen LogP contribution in [-0.4, -0.2) is 47.5 Å². The SMILES string of the molecule is CNCC(=O)N1CCC(c2nccnc2Oc2ccc(C)cc2)CC1. The Morgan fingerprint density at radius 3 is 2.56 bits per heavy atom. The van der Waals surface area contributed by atoms with Gasteiger partial charge in [0.05, 0.1) is 6.54 Å². The Morgan fingerprint density at radius 1 is 1.20 bits per heavy atom. The molecular formula is C19H24N4O2. The van der Waals surface area contributed by atoms with Crippen LogP contribution in [-0.2, 0) is 4.79 Å². The van der Waals surface area contributed by atoms with E-state index >= 15 is 0 Å². The number of benzene rings is 1. The van der Waals surface area contributed by atoms with Crippen molar-refractivity contribution in [3.63, 3.8) is 0 Å². The quantitative estimate of drug-likeness (QED) is 0.906. The molecule has 1 aromatic heterocycles. The average Bonchev–Trinajstić information content (AvgIpc) is 2.64. The lowest BCUT2D eigenvalue weighted by molar-refractivity contribution is -0.131. The number of carbonyl (C=O) groups excluding carboxylic acids is 1. The van der Waals surface area contributed by atoms with E-state index in [-0.39, 0.29) is 11.8 Å². The van der Waals surface area contributed by atoms with Gasteiger partial charge in [0.2, 0.25) is 11.8 Å². The highest BCUT2D eigenvalue weighted by Gasteiger charge is 2.27. The minimum atomic E-state index is 0.149. The van der Waals surface area contributed by atoms with E-state index < -0.39 is 0 Å². The molecule has 0 radical (unpaired) electrons. The van der Waals surface area contributed by atoms with Gasteiger partial charge in [-0.3, -0.25) is 9.78 Å². The number of likely N-dealkylation sites (N-methyl/N-ethyl adjacent to an activating group) is 1. The van der Waals surface area contributed by atoms with E-state index in [2.05, 4.69) is 15.3 Å². The maximum atomic E-state index is 12.0. The summed E-state index contributed by atoms with van der Waals surface area (Å²) in [7, 11) is 1.79. The molecule has 0 saturated carbocycles. The van der Waals surface area contributed by atoms with Crippen molar-refractivity contribution < 1.29 is 9.53 Å². The first kappa shape index (κ1) is 17.4. The molecule has 2 heterocycles. The molecular weight excluding hydrogens is 316 g/mol. The van der Waals surface area contributed by atoms with Crippen LogP contribution in [0.2, 0.25) is 0 Å². The lowest BCUT2D eigenvalue weighted by Crippen LogP contribution is -2.42. The van der Waals surface area contributed by atoms with E-state index in [1.54, 1.807) is 19.4 Å². The number of aryl methyl sites for hydroxylation is 1. The Labute approximate surface area is 148 Å². The fourth-order valence-electron chi connectivity index (χ4n) is 3.08. The molecule has 1 saturated heterocycles. The Kier molecular flexibility index (Phi) is 5.60. The first-order chi connectivity index (χ1) is 12.2. The number of ether oxygens (including phenoxy) is 1. The van der Waals surface area contributed by atoms with Crippen LogP contribution in [0.4, 0.5) is 0 Å². The molecule has 0 aliphatic carbocycles. The maximum Gasteiger partial charge on any atom is 0.241 e. The van der Waals surface area contributed by atoms with Crippen LogP contribution in [0, 0.1) is 6.92 Å². The molecule has 0 bridgehead atoms. The van der Waals surface area contributed by atoms with Gasteiger partial charge in [-0.15, -0.1) is 0 Å². The number of nitrogens with zero attached hydrogens (tertiary/aromatic N) is 3. The van der Waals surface area contributed by atoms with Gasteiger partial charge >= 0.3 is 0 Å². The van der Waals surface area contributed by atoms with Gasteiger partial charge in [-0.25, -0.2) is 4.98 Å². The number of carbonyl (C=O) groups is 1. The van der Waals surface area contributed by atoms with Gasteiger partial charge in [0.25, 0.3) is 0 Å². The minimum absolute atomic E-state index is 0.149. The highest BCUT2D eigenvalue weighted by molar-refractivity contribution is 5.78. The van der Waals surface area contributed by atoms with Crippen molar-refractivity contribution in [2.24, 2.45) is 0 Å². The second-order valence-electron chi connectivity index (χ2n) is 6.35. The monoisotopic (exact) mass is 340 g/mol. The summed E-state index contributed by atoms with van der Waals surface area (Å²) in [6.45, 7) is 3.91. The summed E-state index contributed by atoms with van der Waals surface area (Å²) < 4.78 is 5.97. The van der Waals surface area contributed by atoms with Gasteiger partial charge in [0.15, 0.2) is 0 Å². The van der Waals surface area contributed by atoms with Crippen LogP contribution in [0.15, 0.2) is 36.7 Å². The van der Waals surface area contributed by atoms with Crippen LogP contribution in [0.25, 0.3) is 0 Å². The molecule has 1 aliphatic heterocycles. The molecule has 6 nitrogen and oxygen atoms in total. The van der Waals surface area contributed by atoms with Gasteiger partial charge in [0.1, 0.15) is 11.4 Å². The molecule has 1 aliphatic rings. The van der Waals surface area contributed by atoms with Crippen molar-refractivity contribution >= 4 is 5.91 Å². The van der Waals surface area contributed by atoms with Gasteiger partial charge in [0, 0.05) is 31.4 Å². The van der Waals surface area contributed by atoms with Crippen LogP contribution >= 0.6 is 0 Å². The van der Waals surface area contributed by atoms with Crippen LogP contribution < -0.4 is 10.1 Å². The average molecular weight is 340 g/mol. The number of piperidine rings is 1. The van der Waals surface area contributed by atoms with E-state index in [9.17, 15) is 4.79 Å². The molecule has 1 amide bonds. The molecule has 25 heavy (non-hydrogen) atoms. The van der Waals surface area contributed by atoms with E-state index in [0.29, 0.717) is 12.4 Å². The van der Waals surface area contributed by atoms with Gasteiger partial charge in [-0.2, -0.15) is 0 Å². The summed E-state index contributed by atoms with van der Waals surface area (Å²) in [6.07, 6.45) is 5.10. The van der Waals surface area contributed by atoms with Gasteiger partial charge in [-0.1, -0.05) is 17.7 Å². The summed E-state index contributed by atoms with van der Waals surface area (Å²) in [6, 6.07) is 7.90. The van der Waals surface area contributed by atoms with Crippen molar-refractivity contribution in [2.45, 2.75) is 25.7 Å². The Morgan fingerprint density at radius 2 is 1.88 bits per heavy atom. The molecule has 132 valence electrons. The smallest absolute Gasteiger partial charge is 0.241 e. The molecule has 1 N–H and O–H groups in total. The summed E-state index contributed by atoms with van der Waals surface area (Å²) in [5.41, 5.74) is 2.06. The third-order valence-corrected chi connectivity index (χ3v) is 4.49. The van der Waals surface area contributed by atoms with Gasteiger partial charge in [-0.05, 0) is 38.9 Å². The van der Waals surface area contributed by atoms with E-state index in [1.165, 1.54) is 5.56 Å². The number of likely N-dealkylation sites (tertiary alicyclic amines) is 1. The van der Waals surface area contributed by atoms with Gasteiger partial charge < -0.3 is 15.0 Å². The normalized spacial score (nSPS) is 15.2. The first-order valence-electron chi connectivity index (χ1n) is 8.65. The Hall–Kier alpha value is -2.47. The third-order valence-electron chi connectivity index (χ3n) is 4.49. The van der Waals surface area contributed by atoms with Crippen molar-refractivity contribution in [3.05, 3.63) is 47.9 Å². The van der Waals surface area contributed by atoms with E-state index in [4.69, 9.17) is 4.74 Å². The summed E-state index contributed by atoms with van der Waals surface area (Å²) in [5, 5.41) is 2.91. The molecule has 0 spiro atoms. The fourth-order valence-corrected chi connectivity index (χ4v) is 3.08. The molecule has 3 rings (SSSR count). The Balaban J connectivity index is 1.69. The maximum absolute atomic E-state index is 12.0. The standard InChI is InChI=1S/C19H24N4O2/c1-14-3-5-16(6-4-14)25-19-18(21-9-10-22-19)15-7-11-23(12-8-15)17(24)13-20-2/h3-6,9-10,15,20H,7-8,11-13H2,1-2H3. The minimum Gasteiger partial charge on any atom is -0.437 e. The Bertz CT molecular complexity index is 710. The lowest BCUT2D eigenvalue weighted by atomic mass is 9.93. The number of rotatable bonds is 5. The molecule has 0 atom stereocenters. The predicted molar refractivity (Wildman–Crippen MR) is 95.8 cm³/mol. The third kappa shape index (κ3) is 4.33. The number of aromatic nitrogens is 2. The highest BCUT2D eigenvalue weighted by atomic mass is 16.5. The predicted octanol–water partition coefficient (Wildman–Crippen LogP) is 2.50. The number of amides is 1. The molecule has 1 fully saturated rings. The second-order valence-corrected chi connectivity index (χ2v) is 6.35. The lowest BCUT2D eigenvalue weighted by Gasteiger charge is -2.32. The highest BCUT2D eigenvalue weighted by Crippen LogP contribution is 2.33. The molecule has 1 aromatic carbocycles. The second kappa shape index (κ2) is 8.07. The number of hydrogen-bond donors (Lipinski definition) is 1. The molecule has 2 aromatic rings. The first-order valence-corrected chi connectivity index (χ1v) is 8.65. The molecule has 0 unspecified atom stereocenters. The van der Waals surface area contributed by atoms with E-state index in [0.717, 1.165) is 37.4 Å². The number of hydrogen-bond acceptors (Lipinski definition) is 5. The van der Waals surface area contributed by atoms with Crippen LogP contribution in [0.5, 0.6) is 11.6 Å². The van der Waals surface area contributed by atoms with Crippen LogP contribution in [0.1, 0.15) is 30.0 Å². The zero-order valence-electron chi connectivity index (χ0n) is 14.7. The summed E-state index contributed by atoms with van der Waals surface area (Å²) >= 11 is 0. The van der Waals surface area contributed by atoms with Crippen molar-refractivity contribution in [1.29, 1.82) is 0 Å². The zero-order valence-corrected chi connectivity index (χ0v) is 14.7. The molecule has 6 heteroatoms. The summed E-state index contributed by atoms with van der Waals surface area (Å²) in [4.78, 5) is 22.8. The largest absolute Gasteiger partial charge is 0.437 e. The topological polar surface area (TPSA) is 67.4 Å². The van der Waals surface area contributed by atoms with Crippen molar-refractivity contribution in [1.82, 2.24) is 20.2 Å². The van der Waals surface area contributed by atoms with E-state index in [1.807, 2.05) is 36.1 Å². The summed E-state index contributed by atoms with van der Waals surface area (Å²) in [5.74, 6) is 1.73. The van der Waals surface area contributed by atoms with Crippen LogP contribution in [0.3, 0.4) is 0 Å². The zero-order chi connectivity index (χ0) is 17.6. The fraction of sp³-hybridized carbons (Fsp3) is 0.421.